The van der Waals surface area contributed by atoms with Crippen molar-refractivity contribution in [1.82, 2.24) is 4.90 Å². The Morgan fingerprint density at radius 2 is 2.17 bits per heavy atom. The first kappa shape index (κ1) is 18.3. The number of hydrogen-bond acceptors (Lipinski definition) is 7. The summed E-state index contributed by atoms with van der Waals surface area (Å²) >= 11 is 0.616. The molecule has 0 saturated heterocycles. The molecule has 129 valence electrons. The number of nitrogens with two attached hydrogens (primary N) is 1. The molecule has 23 heavy (non-hydrogen) atoms. The van der Waals surface area contributed by atoms with Crippen molar-refractivity contribution in [1.29, 1.82) is 0 Å². The summed E-state index contributed by atoms with van der Waals surface area (Å²) in [6, 6.07) is -0.849. The first-order valence-corrected chi connectivity index (χ1v) is 10.6. The summed E-state index contributed by atoms with van der Waals surface area (Å²) in [5.41, 5.74) is 0.474. The predicted octanol–water partition coefficient (Wildman–Crippen LogP) is 0.900. The summed E-state index contributed by atoms with van der Waals surface area (Å²) in [7, 11) is -4.70. The Morgan fingerprint density at radius 3 is 2.65 bits per heavy atom. The second-order valence-electron chi connectivity index (χ2n) is 5.15. The zero-order valence-corrected chi connectivity index (χ0v) is 15.0. The van der Waals surface area contributed by atoms with Gasteiger partial charge in [0.25, 0.3) is 0 Å². The van der Waals surface area contributed by atoms with E-state index >= 15 is 0 Å². The molecule has 0 spiro atoms. The van der Waals surface area contributed by atoms with E-state index in [0.717, 1.165) is 0 Å². The summed E-state index contributed by atoms with van der Waals surface area (Å²) in [4.78, 5) is 13.1. The number of amides is 1. The van der Waals surface area contributed by atoms with Crippen molar-refractivity contribution in [3.63, 3.8) is 0 Å². The molecule has 0 aromatic rings. The number of carbonyl (C=O) groups excluding carboxylic acids is 1. The Labute approximate surface area is 139 Å². The van der Waals surface area contributed by atoms with Crippen LogP contribution in [-0.4, -0.2) is 45.7 Å². The lowest BCUT2D eigenvalue weighted by atomic mass is 10.0. The van der Waals surface area contributed by atoms with Crippen LogP contribution in [0.2, 0.25) is 0 Å². The largest absolute Gasteiger partial charge is 0.446 e. The van der Waals surface area contributed by atoms with Gasteiger partial charge in [-0.25, -0.2) is 26.8 Å². The molecule has 2 aliphatic rings. The van der Waals surface area contributed by atoms with Gasteiger partial charge in [0.2, 0.25) is 10.0 Å². The van der Waals surface area contributed by atoms with Crippen molar-refractivity contribution in [2.24, 2.45) is 5.14 Å². The van der Waals surface area contributed by atoms with Gasteiger partial charge >= 0.3 is 6.09 Å². The van der Waals surface area contributed by atoms with Gasteiger partial charge in [-0.2, -0.15) is 0 Å². The fraction of sp³-hybridized carbons (Fsp3) is 0.500. The van der Waals surface area contributed by atoms with Crippen LogP contribution >= 0.6 is 11.8 Å². The fourth-order valence-corrected chi connectivity index (χ4v) is 7.01. The Balaban J connectivity index is 2.62. The van der Waals surface area contributed by atoms with Gasteiger partial charge in [0.15, 0.2) is 9.84 Å². The van der Waals surface area contributed by atoms with E-state index in [0.29, 0.717) is 17.3 Å². The lowest BCUT2D eigenvalue weighted by molar-refractivity contribution is 0.131. The molecule has 0 aliphatic carbocycles. The zero-order chi connectivity index (χ0) is 17.6. The molecule has 0 saturated carbocycles. The van der Waals surface area contributed by atoms with Crippen LogP contribution in [-0.2, 0) is 24.6 Å². The first-order valence-electron chi connectivity index (χ1n) is 6.66. The van der Waals surface area contributed by atoms with Gasteiger partial charge in [-0.3, -0.25) is 4.90 Å². The highest BCUT2D eigenvalue weighted by atomic mass is 32.3. The van der Waals surface area contributed by atoms with E-state index in [1.807, 2.05) is 0 Å². The second kappa shape index (κ2) is 6.11. The van der Waals surface area contributed by atoms with Crippen LogP contribution in [0.15, 0.2) is 20.1 Å². The third kappa shape index (κ3) is 3.14. The van der Waals surface area contributed by atoms with E-state index < -0.39 is 37.2 Å². The van der Waals surface area contributed by atoms with Gasteiger partial charge in [-0.05, 0) is 31.9 Å². The monoisotopic (exact) mass is 381 g/mol. The minimum atomic E-state index is -4.11. The highest BCUT2D eigenvalue weighted by Crippen LogP contribution is 2.48. The normalized spacial score (nSPS) is 26.5. The van der Waals surface area contributed by atoms with Gasteiger partial charge in [0.1, 0.15) is 15.6 Å². The molecule has 0 unspecified atom stereocenters. The maximum absolute atomic E-state index is 12.4. The average molecular weight is 381 g/mol. The summed E-state index contributed by atoms with van der Waals surface area (Å²) < 4.78 is 52.3. The van der Waals surface area contributed by atoms with Crippen molar-refractivity contribution >= 4 is 37.7 Å². The predicted molar refractivity (Wildman–Crippen MR) is 86.8 cm³/mol. The summed E-state index contributed by atoms with van der Waals surface area (Å²) in [6.45, 7) is 3.39. The Hall–Kier alpha value is -1.04. The maximum atomic E-state index is 12.4. The lowest BCUT2D eigenvalue weighted by Gasteiger charge is -2.31. The Bertz CT molecular complexity index is 797. The van der Waals surface area contributed by atoms with E-state index in [4.69, 9.17) is 5.14 Å². The third-order valence-electron chi connectivity index (χ3n) is 3.72. The third-order valence-corrected chi connectivity index (χ3v) is 9.10. The fourth-order valence-electron chi connectivity index (χ4n) is 2.54. The molecule has 1 amide bonds. The molecule has 0 bridgehead atoms. The van der Waals surface area contributed by atoms with Crippen molar-refractivity contribution in [3.05, 3.63) is 27.2 Å². The van der Waals surface area contributed by atoms with Crippen LogP contribution in [0.25, 0.3) is 0 Å². The quantitative estimate of drug-likeness (QED) is 0.770. The minimum Gasteiger partial charge on any atom is -0.446 e. The maximum Gasteiger partial charge on any atom is 0.410 e. The van der Waals surface area contributed by atoms with Crippen LogP contribution in [0.3, 0.4) is 0 Å². The summed E-state index contributed by atoms with van der Waals surface area (Å²) in [5, 5.41) is 4.46. The number of nitrogens with zero attached hydrogens (tertiary/aromatic N) is 1. The molecule has 2 atom stereocenters. The van der Waals surface area contributed by atoms with Gasteiger partial charge in [0, 0.05) is 6.54 Å². The molecular weight excluding hydrogens is 364 g/mol. The summed E-state index contributed by atoms with van der Waals surface area (Å²) in [5.74, 6) is 0. The van der Waals surface area contributed by atoms with Crippen LogP contribution in [0, 0.1) is 7.11 Å². The number of primary sulfonamides is 1. The molecule has 0 fully saturated rings. The SMILES string of the molecule is [CH2]OC(=O)N(CC)[C@H]1C=C(S(N)(=O)=O)SC2=C1C[C@H](C)S2(=O)=O. The smallest absolute Gasteiger partial charge is 0.410 e. The number of sulfone groups is 1. The topological polar surface area (TPSA) is 124 Å². The molecule has 11 heteroatoms. The minimum absolute atomic E-state index is 0.0446. The number of sulfonamides is 1. The van der Waals surface area contributed by atoms with Crippen LogP contribution < -0.4 is 5.14 Å². The Kier molecular flexibility index (Phi) is 4.86. The number of hydrogen-bond donors (Lipinski definition) is 1. The van der Waals surface area contributed by atoms with Gasteiger partial charge in [-0.1, -0.05) is 11.8 Å². The van der Waals surface area contributed by atoms with Crippen molar-refractivity contribution in [2.45, 2.75) is 31.6 Å². The van der Waals surface area contributed by atoms with Crippen LogP contribution in [0.5, 0.6) is 0 Å². The Morgan fingerprint density at radius 1 is 1.57 bits per heavy atom. The number of rotatable bonds is 3. The molecule has 2 heterocycles. The van der Waals surface area contributed by atoms with Crippen molar-refractivity contribution < 1.29 is 26.4 Å². The van der Waals surface area contributed by atoms with Gasteiger partial charge in [0.05, 0.1) is 11.3 Å². The van der Waals surface area contributed by atoms with Gasteiger partial charge < -0.3 is 4.74 Å². The molecular formula is C12H17N2O6S3. The van der Waals surface area contributed by atoms with Crippen molar-refractivity contribution in [3.8, 4) is 0 Å². The molecule has 2 aliphatic heterocycles. The molecule has 8 nitrogen and oxygen atoms in total. The molecule has 1 radical (unpaired) electrons. The number of ether oxygens (including phenoxy) is 1. The molecule has 0 aromatic carbocycles. The van der Waals surface area contributed by atoms with E-state index in [1.165, 1.54) is 17.9 Å². The molecule has 2 N–H and O–H groups in total. The van der Waals surface area contributed by atoms with E-state index in [9.17, 15) is 21.6 Å². The molecule has 0 aromatic heterocycles. The lowest BCUT2D eigenvalue weighted by Crippen LogP contribution is -2.41. The number of likely N-dealkylation sites (N-methyl/N-ethyl adjacent to an activating group) is 1. The van der Waals surface area contributed by atoms with Crippen molar-refractivity contribution in [2.75, 3.05) is 6.54 Å². The summed E-state index contributed by atoms with van der Waals surface area (Å²) in [6.07, 6.45) is 0.718. The highest BCUT2D eigenvalue weighted by Gasteiger charge is 2.45. The van der Waals surface area contributed by atoms with Crippen LogP contribution in [0.1, 0.15) is 20.3 Å². The van der Waals surface area contributed by atoms with Gasteiger partial charge in [-0.15, -0.1) is 0 Å². The zero-order valence-electron chi connectivity index (χ0n) is 12.6. The standard InChI is InChI=1S/C12H17N2O6S3/c1-4-14(12(15)20-3)9-6-10(23(13,18)19)21-11-8(9)5-7(2)22(11,16)17/h6-7,9H,3-5H2,1-2H3,(H2,13,18,19)/t7-,9-/m0/s1. The number of thioether (sulfide) groups is 1. The van der Waals surface area contributed by atoms with E-state index in [2.05, 4.69) is 11.8 Å². The highest BCUT2D eigenvalue weighted by molar-refractivity contribution is 8.27. The first-order chi connectivity index (χ1) is 10.5. The number of carbonyl (C=O) groups is 1. The van der Waals surface area contributed by atoms with E-state index in [1.54, 1.807) is 6.92 Å². The van der Waals surface area contributed by atoms with Crippen LogP contribution in [0.4, 0.5) is 4.79 Å². The average Bonchev–Trinajstić information content (AvgIpc) is 2.69. The molecule has 2 rings (SSSR count). The van der Waals surface area contributed by atoms with E-state index in [-0.39, 0.29) is 21.4 Å². The second-order valence-corrected chi connectivity index (χ2v) is 10.5.